The van der Waals surface area contributed by atoms with E-state index in [4.69, 9.17) is 9.47 Å². The van der Waals surface area contributed by atoms with E-state index in [2.05, 4.69) is 56.4 Å². The Hall–Kier alpha value is -2.00. The van der Waals surface area contributed by atoms with Gasteiger partial charge in [-0.2, -0.15) is 0 Å². The Kier molecular flexibility index (Phi) is 6.48. The van der Waals surface area contributed by atoms with Gasteiger partial charge < -0.3 is 14.8 Å². The van der Waals surface area contributed by atoms with Gasteiger partial charge in [0.15, 0.2) is 11.5 Å². The molecule has 124 valence electrons. The minimum Gasteiger partial charge on any atom is -0.493 e. The molecule has 0 fully saturated rings. The lowest BCUT2D eigenvalue weighted by molar-refractivity contribution is 0.256. The van der Waals surface area contributed by atoms with Crippen LogP contribution in [0.4, 0.5) is 0 Å². The van der Waals surface area contributed by atoms with Crippen LogP contribution in [0.2, 0.25) is 0 Å². The zero-order chi connectivity index (χ0) is 16.7. The molecular weight excluding hydrogens is 286 g/mol. The summed E-state index contributed by atoms with van der Waals surface area (Å²) in [6.07, 6.45) is 0. The van der Waals surface area contributed by atoms with Crippen molar-refractivity contribution in [1.82, 2.24) is 5.32 Å². The fraction of sp³-hybridized carbons (Fsp3) is 0.400. The van der Waals surface area contributed by atoms with Crippen LogP contribution >= 0.6 is 0 Å². The SMILES string of the molecule is COc1cc(CNCc2ccc(C)cc2)ccc1OCC(C)C. The van der Waals surface area contributed by atoms with Gasteiger partial charge in [0.25, 0.3) is 0 Å². The summed E-state index contributed by atoms with van der Waals surface area (Å²) in [4.78, 5) is 0. The van der Waals surface area contributed by atoms with E-state index in [-0.39, 0.29) is 0 Å². The number of rotatable bonds is 8. The highest BCUT2D eigenvalue weighted by molar-refractivity contribution is 5.43. The van der Waals surface area contributed by atoms with Crippen LogP contribution in [0.5, 0.6) is 11.5 Å². The molecule has 0 radical (unpaired) electrons. The molecule has 0 aliphatic rings. The van der Waals surface area contributed by atoms with Crippen molar-refractivity contribution >= 4 is 0 Å². The van der Waals surface area contributed by atoms with Crippen molar-refractivity contribution in [3.8, 4) is 11.5 Å². The standard InChI is InChI=1S/C20H27NO2/c1-15(2)14-23-19-10-9-18(11-20(19)22-4)13-21-12-17-7-5-16(3)6-8-17/h5-11,15,21H,12-14H2,1-4H3. The van der Waals surface area contributed by atoms with Gasteiger partial charge in [-0.3, -0.25) is 0 Å². The van der Waals surface area contributed by atoms with E-state index in [1.54, 1.807) is 7.11 Å². The second kappa shape index (κ2) is 8.59. The van der Waals surface area contributed by atoms with Crippen LogP contribution in [0.3, 0.4) is 0 Å². The first kappa shape index (κ1) is 17.4. The molecule has 2 aromatic carbocycles. The van der Waals surface area contributed by atoms with Crippen LogP contribution in [0.25, 0.3) is 0 Å². The van der Waals surface area contributed by atoms with Crippen LogP contribution in [-0.4, -0.2) is 13.7 Å². The first-order chi connectivity index (χ1) is 11.1. The molecule has 0 aromatic heterocycles. The van der Waals surface area contributed by atoms with Crippen LogP contribution in [0.15, 0.2) is 42.5 Å². The maximum Gasteiger partial charge on any atom is 0.161 e. The lowest BCUT2D eigenvalue weighted by atomic mass is 10.1. The van der Waals surface area contributed by atoms with Crippen molar-refractivity contribution in [1.29, 1.82) is 0 Å². The summed E-state index contributed by atoms with van der Waals surface area (Å²) in [6.45, 7) is 8.72. The van der Waals surface area contributed by atoms with Crippen molar-refractivity contribution in [3.05, 3.63) is 59.2 Å². The summed E-state index contributed by atoms with van der Waals surface area (Å²) in [6, 6.07) is 14.7. The largest absolute Gasteiger partial charge is 0.493 e. The highest BCUT2D eigenvalue weighted by Crippen LogP contribution is 2.28. The van der Waals surface area contributed by atoms with Gasteiger partial charge in [0.2, 0.25) is 0 Å². The van der Waals surface area contributed by atoms with E-state index in [0.29, 0.717) is 12.5 Å². The summed E-state index contributed by atoms with van der Waals surface area (Å²) < 4.78 is 11.2. The fourth-order valence-corrected chi connectivity index (χ4v) is 2.25. The summed E-state index contributed by atoms with van der Waals surface area (Å²) in [5.41, 5.74) is 3.76. The molecule has 0 atom stereocenters. The van der Waals surface area contributed by atoms with Gasteiger partial charge in [0.05, 0.1) is 13.7 Å². The van der Waals surface area contributed by atoms with E-state index in [1.165, 1.54) is 16.7 Å². The number of benzene rings is 2. The smallest absolute Gasteiger partial charge is 0.161 e. The first-order valence-electron chi connectivity index (χ1n) is 8.14. The molecule has 0 saturated heterocycles. The normalized spacial score (nSPS) is 10.8. The Morgan fingerprint density at radius 1 is 0.913 bits per heavy atom. The van der Waals surface area contributed by atoms with Crippen LogP contribution in [0, 0.1) is 12.8 Å². The summed E-state index contributed by atoms with van der Waals surface area (Å²) in [5, 5.41) is 3.46. The molecule has 2 rings (SSSR count). The molecule has 0 spiro atoms. The summed E-state index contributed by atoms with van der Waals surface area (Å²) >= 11 is 0. The maximum atomic E-state index is 5.78. The second-order valence-electron chi connectivity index (χ2n) is 6.28. The quantitative estimate of drug-likeness (QED) is 0.787. The van der Waals surface area contributed by atoms with Crippen molar-refractivity contribution < 1.29 is 9.47 Å². The van der Waals surface area contributed by atoms with Gasteiger partial charge in [-0.15, -0.1) is 0 Å². The number of hydrogen-bond acceptors (Lipinski definition) is 3. The molecule has 0 saturated carbocycles. The summed E-state index contributed by atoms with van der Waals surface area (Å²) in [5.74, 6) is 2.10. The highest BCUT2D eigenvalue weighted by atomic mass is 16.5. The molecule has 2 aromatic rings. The van der Waals surface area contributed by atoms with Gasteiger partial charge in [0, 0.05) is 13.1 Å². The zero-order valence-electron chi connectivity index (χ0n) is 14.6. The zero-order valence-corrected chi connectivity index (χ0v) is 14.6. The van der Waals surface area contributed by atoms with Gasteiger partial charge in [-0.05, 0) is 36.1 Å². The van der Waals surface area contributed by atoms with Crippen LogP contribution in [-0.2, 0) is 13.1 Å². The van der Waals surface area contributed by atoms with Crippen molar-refractivity contribution in [2.24, 2.45) is 5.92 Å². The maximum absolute atomic E-state index is 5.78. The molecule has 0 unspecified atom stereocenters. The summed E-state index contributed by atoms with van der Waals surface area (Å²) in [7, 11) is 1.68. The van der Waals surface area contributed by atoms with E-state index in [1.807, 2.05) is 12.1 Å². The molecule has 0 bridgehead atoms. The third-order valence-corrected chi connectivity index (χ3v) is 3.58. The topological polar surface area (TPSA) is 30.5 Å². The number of hydrogen-bond donors (Lipinski definition) is 1. The highest BCUT2D eigenvalue weighted by Gasteiger charge is 2.07. The Morgan fingerprint density at radius 2 is 1.57 bits per heavy atom. The number of aryl methyl sites for hydroxylation is 1. The number of nitrogens with one attached hydrogen (secondary N) is 1. The third kappa shape index (κ3) is 5.61. The van der Waals surface area contributed by atoms with E-state index < -0.39 is 0 Å². The molecule has 0 aliphatic carbocycles. The minimum atomic E-state index is 0.496. The molecule has 1 N–H and O–H groups in total. The second-order valence-corrected chi connectivity index (χ2v) is 6.28. The Balaban J connectivity index is 1.91. The molecule has 0 aliphatic heterocycles. The van der Waals surface area contributed by atoms with Gasteiger partial charge >= 0.3 is 0 Å². The van der Waals surface area contributed by atoms with Gasteiger partial charge in [0.1, 0.15) is 0 Å². The predicted octanol–water partition coefficient (Wildman–Crippen LogP) is 4.33. The van der Waals surface area contributed by atoms with Crippen molar-refractivity contribution in [2.75, 3.05) is 13.7 Å². The molecule has 0 amide bonds. The lowest BCUT2D eigenvalue weighted by Gasteiger charge is -2.14. The van der Waals surface area contributed by atoms with Gasteiger partial charge in [-0.25, -0.2) is 0 Å². The van der Waals surface area contributed by atoms with Crippen LogP contribution < -0.4 is 14.8 Å². The monoisotopic (exact) mass is 313 g/mol. The molecule has 0 heterocycles. The van der Waals surface area contributed by atoms with Gasteiger partial charge in [-0.1, -0.05) is 49.7 Å². The van der Waals surface area contributed by atoms with Crippen LogP contribution in [0.1, 0.15) is 30.5 Å². The van der Waals surface area contributed by atoms with Crippen molar-refractivity contribution in [2.45, 2.75) is 33.9 Å². The fourth-order valence-electron chi connectivity index (χ4n) is 2.25. The van der Waals surface area contributed by atoms with E-state index in [9.17, 15) is 0 Å². The molecule has 23 heavy (non-hydrogen) atoms. The predicted molar refractivity (Wildman–Crippen MR) is 95.0 cm³/mol. The van der Waals surface area contributed by atoms with E-state index in [0.717, 1.165) is 24.6 Å². The molecule has 3 heteroatoms. The number of ether oxygens (including phenoxy) is 2. The Labute approximate surface area is 139 Å². The molecular formula is C20H27NO2. The Bertz CT molecular complexity index is 606. The first-order valence-corrected chi connectivity index (χ1v) is 8.14. The van der Waals surface area contributed by atoms with Crippen molar-refractivity contribution in [3.63, 3.8) is 0 Å². The minimum absolute atomic E-state index is 0.496. The number of methoxy groups -OCH3 is 1. The lowest BCUT2D eigenvalue weighted by Crippen LogP contribution is -2.13. The van der Waals surface area contributed by atoms with E-state index >= 15 is 0 Å². The third-order valence-electron chi connectivity index (χ3n) is 3.58. The Morgan fingerprint density at radius 3 is 2.22 bits per heavy atom. The molecule has 3 nitrogen and oxygen atoms in total. The average Bonchev–Trinajstić information content (AvgIpc) is 2.55. The average molecular weight is 313 g/mol.